The van der Waals surface area contributed by atoms with Gasteiger partial charge in [0.2, 0.25) is 0 Å². The van der Waals surface area contributed by atoms with Crippen LogP contribution in [0.1, 0.15) is 52.9 Å². The molecular weight excluding hydrogens is 264 g/mol. The van der Waals surface area contributed by atoms with Gasteiger partial charge in [0.05, 0.1) is 13.2 Å². The molecule has 1 N–H and O–H groups in total. The van der Waals surface area contributed by atoms with Crippen LogP contribution in [0.5, 0.6) is 0 Å². The zero-order valence-corrected chi connectivity index (χ0v) is 14.6. The standard InChI is InChI=1S/C17H36N2O2/c1-5-9-16-14-18-17(6-2,7-3)15-19(16)10-8-11-21-13-12-20-4/h16,18H,5-15H2,1-4H3. The van der Waals surface area contributed by atoms with Crippen LogP contribution in [0.2, 0.25) is 0 Å². The fourth-order valence-corrected chi connectivity index (χ4v) is 3.25. The molecule has 1 aliphatic heterocycles. The van der Waals surface area contributed by atoms with E-state index in [1.165, 1.54) is 32.2 Å². The first-order valence-corrected chi connectivity index (χ1v) is 8.77. The van der Waals surface area contributed by atoms with E-state index in [4.69, 9.17) is 9.47 Å². The Morgan fingerprint density at radius 3 is 2.52 bits per heavy atom. The van der Waals surface area contributed by atoms with Crippen molar-refractivity contribution < 1.29 is 9.47 Å². The van der Waals surface area contributed by atoms with Crippen LogP contribution in [0.3, 0.4) is 0 Å². The fraction of sp³-hybridized carbons (Fsp3) is 1.00. The molecule has 0 bridgehead atoms. The lowest BCUT2D eigenvalue weighted by atomic mass is 9.87. The van der Waals surface area contributed by atoms with Gasteiger partial charge in [-0.1, -0.05) is 27.2 Å². The van der Waals surface area contributed by atoms with Crippen molar-refractivity contribution in [3.8, 4) is 0 Å². The van der Waals surface area contributed by atoms with E-state index in [-0.39, 0.29) is 0 Å². The molecule has 0 aromatic rings. The number of methoxy groups -OCH3 is 1. The maximum atomic E-state index is 5.60. The molecule has 1 atom stereocenters. The van der Waals surface area contributed by atoms with Gasteiger partial charge in [-0.2, -0.15) is 0 Å². The van der Waals surface area contributed by atoms with Crippen LogP contribution in [0, 0.1) is 0 Å². The summed E-state index contributed by atoms with van der Waals surface area (Å²) in [5.41, 5.74) is 0.321. The second-order valence-corrected chi connectivity index (χ2v) is 6.24. The van der Waals surface area contributed by atoms with Gasteiger partial charge >= 0.3 is 0 Å². The Kier molecular flexibility index (Phi) is 9.49. The molecule has 4 nitrogen and oxygen atoms in total. The Morgan fingerprint density at radius 1 is 1.14 bits per heavy atom. The predicted molar refractivity (Wildman–Crippen MR) is 88.9 cm³/mol. The third kappa shape index (κ3) is 6.23. The van der Waals surface area contributed by atoms with E-state index in [0.717, 1.165) is 26.1 Å². The summed E-state index contributed by atoms with van der Waals surface area (Å²) in [7, 11) is 1.72. The van der Waals surface area contributed by atoms with Crippen LogP contribution >= 0.6 is 0 Å². The summed E-state index contributed by atoms with van der Waals surface area (Å²) >= 11 is 0. The predicted octanol–water partition coefficient (Wildman–Crippen LogP) is 2.67. The second kappa shape index (κ2) is 10.5. The lowest BCUT2D eigenvalue weighted by Crippen LogP contribution is -2.63. The molecule has 4 heteroatoms. The Labute approximate surface area is 131 Å². The molecule has 1 aliphatic rings. The van der Waals surface area contributed by atoms with Crippen LogP contribution in [0.25, 0.3) is 0 Å². The monoisotopic (exact) mass is 300 g/mol. The molecule has 126 valence electrons. The van der Waals surface area contributed by atoms with E-state index >= 15 is 0 Å². The minimum absolute atomic E-state index is 0.321. The van der Waals surface area contributed by atoms with Gasteiger partial charge in [0, 0.05) is 44.9 Å². The molecule has 0 radical (unpaired) electrons. The van der Waals surface area contributed by atoms with Gasteiger partial charge in [-0.25, -0.2) is 0 Å². The van der Waals surface area contributed by atoms with Crippen molar-refractivity contribution in [2.24, 2.45) is 0 Å². The quantitative estimate of drug-likeness (QED) is 0.595. The summed E-state index contributed by atoms with van der Waals surface area (Å²) in [5, 5.41) is 3.83. The molecule has 1 rings (SSSR count). The van der Waals surface area contributed by atoms with Crippen molar-refractivity contribution in [1.82, 2.24) is 10.2 Å². The molecule has 0 spiro atoms. The Bertz CT molecular complexity index is 257. The second-order valence-electron chi connectivity index (χ2n) is 6.24. The third-order valence-corrected chi connectivity index (χ3v) is 4.88. The normalized spacial score (nSPS) is 22.6. The molecular formula is C17H36N2O2. The van der Waals surface area contributed by atoms with Crippen LogP contribution in [-0.2, 0) is 9.47 Å². The summed E-state index contributed by atoms with van der Waals surface area (Å²) in [6.45, 7) is 12.6. The Balaban J connectivity index is 2.40. The van der Waals surface area contributed by atoms with Gasteiger partial charge < -0.3 is 14.8 Å². The lowest BCUT2D eigenvalue weighted by molar-refractivity contribution is 0.0422. The zero-order chi connectivity index (χ0) is 15.6. The van der Waals surface area contributed by atoms with Crippen molar-refractivity contribution in [2.45, 2.75) is 64.5 Å². The van der Waals surface area contributed by atoms with Gasteiger partial charge in [0.25, 0.3) is 0 Å². The van der Waals surface area contributed by atoms with Gasteiger partial charge in [-0.15, -0.1) is 0 Å². The molecule has 1 saturated heterocycles. The smallest absolute Gasteiger partial charge is 0.0700 e. The number of ether oxygens (including phenoxy) is 2. The highest BCUT2D eigenvalue weighted by Crippen LogP contribution is 2.24. The number of hydrogen-bond acceptors (Lipinski definition) is 4. The first-order valence-electron chi connectivity index (χ1n) is 8.77. The summed E-state index contributed by atoms with van der Waals surface area (Å²) in [5.74, 6) is 0. The topological polar surface area (TPSA) is 33.7 Å². The molecule has 21 heavy (non-hydrogen) atoms. The number of nitrogens with one attached hydrogen (secondary N) is 1. The minimum Gasteiger partial charge on any atom is -0.382 e. The van der Waals surface area contributed by atoms with E-state index in [1.54, 1.807) is 7.11 Å². The fourth-order valence-electron chi connectivity index (χ4n) is 3.25. The van der Waals surface area contributed by atoms with E-state index in [0.29, 0.717) is 24.8 Å². The van der Waals surface area contributed by atoms with Crippen molar-refractivity contribution >= 4 is 0 Å². The molecule has 0 aromatic heterocycles. The first-order chi connectivity index (χ1) is 10.2. The highest BCUT2D eigenvalue weighted by molar-refractivity contribution is 4.96. The van der Waals surface area contributed by atoms with Gasteiger partial charge in [-0.05, 0) is 25.7 Å². The first kappa shape index (κ1) is 18.9. The number of rotatable bonds is 11. The number of nitrogens with zero attached hydrogens (tertiary/aromatic N) is 1. The maximum absolute atomic E-state index is 5.60. The average molecular weight is 300 g/mol. The van der Waals surface area contributed by atoms with E-state index in [2.05, 4.69) is 31.0 Å². The molecule has 1 heterocycles. The van der Waals surface area contributed by atoms with Crippen LogP contribution in [-0.4, -0.2) is 63.0 Å². The minimum atomic E-state index is 0.321. The largest absolute Gasteiger partial charge is 0.382 e. The lowest BCUT2D eigenvalue weighted by Gasteiger charge is -2.47. The van der Waals surface area contributed by atoms with Gasteiger partial charge in [0.1, 0.15) is 0 Å². The molecule has 0 saturated carbocycles. The highest BCUT2D eigenvalue weighted by Gasteiger charge is 2.35. The molecule has 0 amide bonds. The Hall–Kier alpha value is -0.160. The molecule has 0 aromatic carbocycles. The number of hydrogen-bond donors (Lipinski definition) is 1. The van der Waals surface area contributed by atoms with E-state index in [9.17, 15) is 0 Å². The summed E-state index contributed by atoms with van der Waals surface area (Å²) < 4.78 is 10.6. The summed E-state index contributed by atoms with van der Waals surface area (Å²) in [4.78, 5) is 2.70. The van der Waals surface area contributed by atoms with Crippen LogP contribution in [0.15, 0.2) is 0 Å². The van der Waals surface area contributed by atoms with E-state index < -0.39 is 0 Å². The molecule has 1 fully saturated rings. The third-order valence-electron chi connectivity index (χ3n) is 4.88. The number of piperazine rings is 1. The molecule has 1 unspecified atom stereocenters. The summed E-state index contributed by atoms with van der Waals surface area (Å²) in [6.07, 6.45) is 6.10. The SMILES string of the molecule is CCCC1CNC(CC)(CC)CN1CCCOCCOC. The maximum Gasteiger partial charge on any atom is 0.0700 e. The van der Waals surface area contributed by atoms with Crippen molar-refractivity contribution in [1.29, 1.82) is 0 Å². The van der Waals surface area contributed by atoms with Crippen LogP contribution in [0.4, 0.5) is 0 Å². The highest BCUT2D eigenvalue weighted by atomic mass is 16.5. The van der Waals surface area contributed by atoms with E-state index in [1.807, 2.05) is 0 Å². The zero-order valence-electron chi connectivity index (χ0n) is 14.6. The van der Waals surface area contributed by atoms with Crippen molar-refractivity contribution in [3.05, 3.63) is 0 Å². The summed E-state index contributed by atoms with van der Waals surface area (Å²) in [6, 6.07) is 0.695. The van der Waals surface area contributed by atoms with Crippen LogP contribution < -0.4 is 5.32 Å². The van der Waals surface area contributed by atoms with Gasteiger partial charge in [-0.3, -0.25) is 4.90 Å². The van der Waals surface area contributed by atoms with Crippen molar-refractivity contribution in [3.63, 3.8) is 0 Å². The average Bonchev–Trinajstić information content (AvgIpc) is 2.52. The van der Waals surface area contributed by atoms with Crippen molar-refractivity contribution in [2.75, 3.05) is 46.6 Å². The Morgan fingerprint density at radius 2 is 1.90 bits per heavy atom. The van der Waals surface area contributed by atoms with Gasteiger partial charge in [0.15, 0.2) is 0 Å². The molecule has 0 aliphatic carbocycles.